The van der Waals surface area contributed by atoms with Crippen LogP contribution >= 0.6 is 0 Å². The summed E-state index contributed by atoms with van der Waals surface area (Å²) in [6.45, 7) is 6.64. The van der Waals surface area contributed by atoms with Gasteiger partial charge in [-0.25, -0.2) is 13.1 Å². The maximum Gasteiger partial charge on any atom is 0.211 e. The van der Waals surface area contributed by atoms with Crippen molar-refractivity contribution in [3.8, 4) is 0 Å². The first-order valence-electron chi connectivity index (χ1n) is 5.28. The highest BCUT2D eigenvalue weighted by Crippen LogP contribution is 2.23. The lowest BCUT2D eigenvalue weighted by Crippen LogP contribution is -2.25. The van der Waals surface area contributed by atoms with Crippen LogP contribution in [0.3, 0.4) is 0 Å². The molecule has 0 aromatic rings. The summed E-state index contributed by atoms with van der Waals surface area (Å²) in [5, 5.41) is 0. The molecule has 1 atom stereocenters. The molecule has 1 aliphatic rings. The molecule has 1 heterocycles. The minimum Gasteiger partial charge on any atom is -0.212 e. The molecule has 14 heavy (non-hydrogen) atoms. The summed E-state index contributed by atoms with van der Waals surface area (Å²) in [5.74, 6) is 0.313. The van der Waals surface area contributed by atoms with Crippen molar-refractivity contribution in [2.45, 2.75) is 52.5 Å². The lowest BCUT2D eigenvalue weighted by atomic mass is 9.89. The van der Waals surface area contributed by atoms with E-state index in [4.69, 9.17) is 0 Å². The maximum atomic E-state index is 11.1. The van der Waals surface area contributed by atoms with Crippen LogP contribution in [0, 0.1) is 5.41 Å². The largest absolute Gasteiger partial charge is 0.212 e. The van der Waals surface area contributed by atoms with Gasteiger partial charge in [0.05, 0.1) is 5.75 Å². The van der Waals surface area contributed by atoms with E-state index in [0.717, 1.165) is 25.7 Å². The molecule has 1 saturated heterocycles. The van der Waals surface area contributed by atoms with Crippen LogP contribution < -0.4 is 4.72 Å². The van der Waals surface area contributed by atoms with Gasteiger partial charge in [-0.1, -0.05) is 27.2 Å². The van der Waals surface area contributed by atoms with Crippen molar-refractivity contribution in [2.75, 3.05) is 5.75 Å². The monoisotopic (exact) mass is 219 g/mol. The second-order valence-electron chi connectivity index (χ2n) is 5.38. The summed E-state index contributed by atoms with van der Waals surface area (Å²) < 4.78 is 24.9. The Morgan fingerprint density at radius 2 is 2.00 bits per heavy atom. The Kier molecular flexibility index (Phi) is 3.58. The van der Waals surface area contributed by atoms with Gasteiger partial charge in [0.15, 0.2) is 0 Å². The van der Waals surface area contributed by atoms with Gasteiger partial charge in [-0.3, -0.25) is 0 Å². The van der Waals surface area contributed by atoms with Gasteiger partial charge in [0, 0.05) is 6.04 Å². The summed E-state index contributed by atoms with van der Waals surface area (Å²) >= 11 is 0. The van der Waals surface area contributed by atoms with E-state index < -0.39 is 10.0 Å². The van der Waals surface area contributed by atoms with Gasteiger partial charge in [0.25, 0.3) is 0 Å². The van der Waals surface area contributed by atoms with Gasteiger partial charge < -0.3 is 0 Å². The van der Waals surface area contributed by atoms with Crippen molar-refractivity contribution in [1.82, 2.24) is 4.72 Å². The van der Waals surface area contributed by atoms with Crippen molar-refractivity contribution in [2.24, 2.45) is 5.41 Å². The van der Waals surface area contributed by atoms with Crippen LogP contribution in [0.5, 0.6) is 0 Å². The minimum atomic E-state index is -2.91. The van der Waals surface area contributed by atoms with Crippen LogP contribution in [-0.4, -0.2) is 20.2 Å². The van der Waals surface area contributed by atoms with Crippen LogP contribution in [-0.2, 0) is 10.0 Å². The second kappa shape index (κ2) is 4.19. The van der Waals surface area contributed by atoms with Gasteiger partial charge in [-0.15, -0.1) is 0 Å². The molecule has 3 nitrogen and oxygen atoms in total. The average Bonchev–Trinajstić information content (AvgIpc) is 2.27. The van der Waals surface area contributed by atoms with E-state index in [1.165, 1.54) is 0 Å². The molecule has 0 aliphatic carbocycles. The average molecular weight is 219 g/mol. The molecule has 0 saturated carbocycles. The highest BCUT2D eigenvalue weighted by Gasteiger charge is 2.26. The normalized spacial score (nSPS) is 26.6. The third kappa shape index (κ3) is 4.42. The Bertz CT molecular complexity index is 277. The molecule has 84 valence electrons. The molecule has 0 bridgehead atoms. The Labute approximate surface area is 87.3 Å². The lowest BCUT2D eigenvalue weighted by Gasteiger charge is -2.18. The van der Waals surface area contributed by atoms with E-state index >= 15 is 0 Å². The van der Waals surface area contributed by atoms with Gasteiger partial charge >= 0.3 is 0 Å². The fraction of sp³-hybridized carbons (Fsp3) is 1.00. The molecule has 0 aromatic carbocycles. The molecule has 1 rings (SSSR count). The Morgan fingerprint density at radius 3 is 2.43 bits per heavy atom. The third-order valence-electron chi connectivity index (χ3n) is 2.56. The maximum absolute atomic E-state index is 11.1. The van der Waals surface area contributed by atoms with Crippen LogP contribution in [0.1, 0.15) is 46.5 Å². The fourth-order valence-corrected chi connectivity index (χ4v) is 3.21. The molecule has 1 unspecified atom stereocenters. The van der Waals surface area contributed by atoms with Crippen molar-refractivity contribution in [1.29, 1.82) is 0 Å². The van der Waals surface area contributed by atoms with Gasteiger partial charge in [-0.2, -0.15) is 0 Å². The Hall–Kier alpha value is -0.0900. The summed E-state index contributed by atoms with van der Waals surface area (Å²) in [6.07, 6.45) is 4.03. The molecule has 4 heteroatoms. The molecule has 1 fully saturated rings. The van der Waals surface area contributed by atoms with Crippen LogP contribution in [0.25, 0.3) is 0 Å². The summed E-state index contributed by atoms with van der Waals surface area (Å²) in [5.41, 5.74) is 0.359. The lowest BCUT2D eigenvalue weighted by molar-refractivity contribution is 0.350. The van der Waals surface area contributed by atoms with E-state index in [9.17, 15) is 8.42 Å². The van der Waals surface area contributed by atoms with Crippen LogP contribution in [0.4, 0.5) is 0 Å². The SMILES string of the molecule is CC(C)(C)CCCC1CCS(=O)(=O)N1. The first-order chi connectivity index (χ1) is 6.29. The molecular formula is C10H21NO2S. The topological polar surface area (TPSA) is 46.2 Å². The zero-order valence-corrected chi connectivity index (χ0v) is 10.2. The summed E-state index contributed by atoms with van der Waals surface area (Å²) in [4.78, 5) is 0. The quantitative estimate of drug-likeness (QED) is 0.788. The second-order valence-corrected chi connectivity index (χ2v) is 7.25. The molecule has 1 aliphatic heterocycles. The summed E-state index contributed by atoms with van der Waals surface area (Å²) in [7, 11) is -2.91. The zero-order chi connectivity index (χ0) is 10.8. The number of hydrogen-bond acceptors (Lipinski definition) is 2. The highest BCUT2D eigenvalue weighted by molar-refractivity contribution is 7.89. The Balaban J connectivity index is 2.22. The molecule has 0 radical (unpaired) electrons. The number of nitrogens with one attached hydrogen (secondary N) is 1. The van der Waals surface area contributed by atoms with Gasteiger partial charge in [0.2, 0.25) is 10.0 Å². The molecule has 0 aromatic heterocycles. The van der Waals surface area contributed by atoms with Crippen molar-refractivity contribution >= 4 is 10.0 Å². The van der Waals surface area contributed by atoms with E-state index in [2.05, 4.69) is 25.5 Å². The number of sulfonamides is 1. The van der Waals surface area contributed by atoms with E-state index in [1.807, 2.05) is 0 Å². The predicted octanol–water partition coefficient (Wildman–Crippen LogP) is 1.89. The van der Waals surface area contributed by atoms with Crippen molar-refractivity contribution in [3.63, 3.8) is 0 Å². The molecule has 1 N–H and O–H groups in total. The fourth-order valence-electron chi connectivity index (χ4n) is 1.75. The third-order valence-corrected chi connectivity index (χ3v) is 4.03. The highest BCUT2D eigenvalue weighted by atomic mass is 32.2. The van der Waals surface area contributed by atoms with Crippen LogP contribution in [0.2, 0.25) is 0 Å². The van der Waals surface area contributed by atoms with Crippen molar-refractivity contribution < 1.29 is 8.42 Å². The van der Waals surface area contributed by atoms with Gasteiger partial charge in [0.1, 0.15) is 0 Å². The minimum absolute atomic E-state index is 0.197. The van der Waals surface area contributed by atoms with E-state index in [-0.39, 0.29) is 6.04 Å². The van der Waals surface area contributed by atoms with E-state index in [1.54, 1.807) is 0 Å². The first-order valence-corrected chi connectivity index (χ1v) is 6.94. The molecule has 0 spiro atoms. The smallest absolute Gasteiger partial charge is 0.211 e. The predicted molar refractivity (Wildman–Crippen MR) is 58.6 cm³/mol. The number of rotatable bonds is 3. The van der Waals surface area contributed by atoms with E-state index in [0.29, 0.717) is 11.2 Å². The number of hydrogen-bond donors (Lipinski definition) is 1. The summed E-state index contributed by atoms with van der Waals surface area (Å²) in [6, 6.07) is 0.197. The molecule has 0 amide bonds. The standard InChI is InChI=1S/C10H21NO2S/c1-10(2,3)7-4-5-9-6-8-14(12,13)11-9/h9,11H,4-8H2,1-3H3. The first kappa shape index (κ1) is 12.0. The zero-order valence-electron chi connectivity index (χ0n) is 9.34. The molecular weight excluding hydrogens is 198 g/mol. The Morgan fingerprint density at radius 1 is 1.36 bits per heavy atom. The van der Waals surface area contributed by atoms with Gasteiger partial charge in [-0.05, 0) is 24.7 Å². The van der Waals surface area contributed by atoms with Crippen molar-refractivity contribution in [3.05, 3.63) is 0 Å². The van der Waals surface area contributed by atoms with Crippen LogP contribution in [0.15, 0.2) is 0 Å².